The Balaban J connectivity index is 1.55. The smallest absolute Gasteiger partial charge is 0.262 e. The molecule has 0 spiro atoms. The maximum Gasteiger partial charge on any atom is 0.262 e. The van der Waals surface area contributed by atoms with Gasteiger partial charge >= 0.3 is 0 Å². The van der Waals surface area contributed by atoms with Crippen LogP contribution in [0.5, 0.6) is 5.75 Å². The Bertz CT molecular complexity index is 845. The fourth-order valence-corrected chi connectivity index (χ4v) is 2.21. The zero-order chi connectivity index (χ0) is 17.6. The van der Waals surface area contributed by atoms with E-state index in [0.29, 0.717) is 34.7 Å². The van der Waals surface area contributed by atoms with E-state index in [4.69, 9.17) is 20.8 Å². The highest BCUT2D eigenvalue weighted by molar-refractivity contribution is 6.30. The van der Waals surface area contributed by atoms with Crippen LogP contribution in [0.25, 0.3) is 11.5 Å². The van der Waals surface area contributed by atoms with Crippen molar-refractivity contribution < 1.29 is 13.9 Å². The first-order valence-corrected chi connectivity index (χ1v) is 8.13. The van der Waals surface area contributed by atoms with Crippen molar-refractivity contribution in [3.63, 3.8) is 0 Å². The van der Waals surface area contributed by atoms with E-state index in [0.717, 1.165) is 5.56 Å². The molecular weight excluding hydrogens is 342 g/mol. The fourth-order valence-electron chi connectivity index (χ4n) is 2.09. The summed E-state index contributed by atoms with van der Waals surface area (Å²) >= 11 is 5.80. The van der Waals surface area contributed by atoms with Gasteiger partial charge in [0.1, 0.15) is 5.75 Å². The van der Waals surface area contributed by atoms with Gasteiger partial charge in [0, 0.05) is 22.7 Å². The molecule has 0 aliphatic carbocycles. The molecule has 0 bridgehead atoms. The van der Waals surface area contributed by atoms with E-state index in [1.54, 1.807) is 36.4 Å². The number of hydrogen-bond donors (Lipinski definition) is 1. The van der Waals surface area contributed by atoms with Gasteiger partial charge in [0.2, 0.25) is 11.8 Å². The van der Waals surface area contributed by atoms with Gasteiger partial charge < -0.3 is 14.5 Å². The number of benzene rings is 2. The van der Waals surface area contributed by atoms with Crippen molar-refractivity contribution in [2.45, 2.75) is 13.3 Å². The molecule has 1 heterocycles. The van der Waals surface area contributed by atoms with Crippen molar-refractivity contribution in [3.8, 4) is 17.2 Å². The SMILES string of the molecule is CCc1nnc(-c2ccc(NC(=O)COc3ccc(Cl)cc3)cc2)o1. The number of carbonyl (C=O) groups excluding carboxylic acids is 1. The number of nitrogens with one attached hydrogen (secondary N) is 1. The number of aromatic nitrogens is 2. The third-order valence-electron chi connectivity index (χ3n) is 3.37. The summed E-state index contributed by atoms with van der Waals surface area (Å²) in [5.74, 6) is 1.37. The minimum Gasteiger partial charge on any atom is -0.484 e. The number of aryl methyl sites for hydroxylation is 1. The van der Waals surface area contributed by atoms with Crippen LogP contribution in [0.2, 0.25) is 5.02 Å². The molecule has 0 atom stereocenters. The van der Waals surface area contributed by atoms with Crippen LogP contribution in [0.1, 0.15) is 12.8 Å². The largest absolute Gasteiger partial charge is 0.484 e. The fraction of sp³-hybridized carbons (Fsp3) is 0.167. The highest BCUT2D eigenvalue weighted by Gasteiger charge is 2.08. The second kappa shape index (κ2) is 7.81. The molecule has 1 N–H and O–H groups in total. The van der Waals surface area contributed by atoms with Gasteiger partial charge in [-0.25, -0.2) is 0 Å². The number of amides is 1. The van der Waals surface area contributed by atoms with Crippen molar-refractivity contribution in [3.05, 3.63) is 59.4 Å². The molecule has 6 nitrogen and oxygen atoms in total. The van der Waals surface area contributed by atoms with Crippen LogP contribution in [-0.4, -0.2) is 22.7 Å². The predicted molar refractivity (Wildman–Crippen MR) is 94.7 cm³/mol. The third kappa shape index (κ3) is 4.58. The summed E-state index contributed by atoms with van der Waals surface area (Å²) in [6, 6.07) is 14.0. The van der Waals surface area contributed by atoms with E-state index in [1.165, 1.54) is 0 Å². The summed E-state index contributed by atoms with van der Waals surface area (Å²) in [5, 5.41) is 11.3. The molecule has 25 heavy (non-hydrogen) atoms. The molecule has 0 saturated carbocycles. The van der Waals surface area contributed by atoms with E-state index in [2.05, 4.69) is 15.5 Å². The molecular formula is C18H16ClN3O3. The first kappa shape index (κ1) is 17.0. The maximum atomic E-state index is 11.9. The van der Waals surface area contributed by atoms with E-state index in [1.807, 2.05) is 19.1 Å². The maximum absolute atomic E-state index is 11.9. The van der Waals surface area contributed by atoms with Gasteiger partial charge in [-0.2, -0.15) is 0 Å². The summed E-state index contributed by atoms with van der Waals surface area (Å²) in [6.07, 6.45) is 0.689. The zero-order valence-corrected chi connectivity index (χ0v) is 14.3. The van der Waals surface area contributed by atoms with Crippen molar-refractivity contribution in [2.75, 3.05) is 11.9 Å². The highest BCUT2D eigenvalue weighted by atomic mass is 35.5. The molecule has 128 valence electrons. The zero-order valence-electron chi connectivity index (χ0n) is 13.5. The van der Waals surface area contributed by atoms with Crippen molar-refractivity contribution >= 4 is 23.2 Å². The normalized spacial score (nSPS) is 10.5. The minimum absolute atomic E-state index is 0.0904. The van der Waals surface area contributed by atoms with Gasteiger partial charge in [-0.15, -0.1) is 10.2 Å². The van der Waals surface area contributed by atoms with Gasteiger partial charge in [0.25, 0.3) is 5.91 Å². The van der Waals surface area contributed by atoms with E-state index >= 15 is 0 Å². The summed E-state index contributed by atoms with van der Waals surface area (Å²) in [5.41, 5.74) is 1.45. The van der Waals surface area contributed by atoms with Crippen molar-refractivity contribution in [1.29, 1.82) is 0 Å². The standard InChI is InChI=1S/C18H16ClN3O3/c1-2-17-21-22-18(25-17)12-3-7-14(8-4-12)20-16(23)11-24-15-9-5-13(19)6-10-15/h3-10H,2,11H2,1H3,(H,20,23). The average molecular weight is 358 g/mol. The molecule has 0 aliphatic heterocycles. The van der Waals surface area contributed by atoms with Crippen LogP contribution in [0.15, 0.2) is 52.9 Å². The Morgan fingerprint density at radius 2 is 1.84 bits per heavy atom. The molecule has 0 saturated heterocycles. The number of hydrogen-bond acceptors (Lipinski definition) is 5. The minimum atomic E-state index is -0.256. The molecule has 2 aromatic carbocycles. The van der Waals surface area contributed by atoms with Crippen LogP contribution in [0, 0.1) is 0 Å². The number of ether oxygens (including phenoxy) is 1. The molecule has 7 heteroatoms. The van der Waals surface area contributed by atoms with E-state index in [-0.39, 0.29) is 12.5 Å². The van der Waals surface area contributed by atoms with Crippen LogP contribution < -0.4 is 10.1 Å². The predicted octanol–water partition coefficient (Wildman–Crippen LogP) is 3.97. The Hall–Kier alpha value is -2.86. The first-order chi connectivity index (χ1) is 12.1. The van der Waals surface area contributed by atoms with Gasteiger partial charge in [-0.05, 0) is 48.5 Å². The lowest BCUT2D eigenvalue weighted by atomic mass is 10.2. The van der Waals surface area contributed by atoms with E-state index in [9.17, 15) is 4.79 Å². The molecule has 1 aromatic heterocycles. The Morgan fingerprint density at radius 1 is 1.12 bits per heavy atom. The summed E-state index contributed by atoms with van der Waals surface area (Å²) in [6.45, 7) is 1.86. The number of carbonyl (C=O) groups is 1. The number of anilines is 1. The monoisotopic (exact) mass is 357 g/mol. The second-order valence-corrected chi connectivity index (χ2v) is 5.66. The van der Waals surface area contributed by atoms with Crippen molar-refractivity contribution in [1.82, 2.24) is 10.2 Å². The Kier molecular flexibility index (Phi) is 5.30. The summed E-state index contributed by atoms with van der Waals surface area (Å²) < 4.78 is 10.9. The Labute approximate surface area is 149 Å². The summed E-state index contributed by atoms with van der Waals surface area (Å²) in [4.78, 5) is 11.9. The van der Waals surface area contributed by atoms with Crippen LogP contribution in [-0.2, 0) is 11.2 Å². The van der Waals surface area contributed by atoms with Crippen LogP contribution in [0.3, 0.4) is 0 Å². The van der Waals surface area contributed by atoms with Crippen molar-refractivity contribution in [2.24, 2.45) is 0 Å². The molecule has 3 aromatic rings. The molecule has 1 amide bonds. The van der Waals surface area contributed by atoms with Crippen LogP contribution >= 0.6 is 11.6 Å². The number of rotatable bonds is 6. The molecule has 0 aliphatic rings. The molecule has 0 fully saturated rings. The number of nitrogens with zero attached hydrogens (tertiary/aromatic N) is 2. The first-order valence-electron chi connectivity index (χ1n) is 7.75. The van der Waals surface area contributed by atoms with Gasteiger partial charge in [-0.3, -0.25) is 4.79 Å². The Morgan fingerprint density at radius 3 is 2.48 bits per heavy atom. The lowest BCUT2D eigenvalue weighted by Gasteiger charge is -2.08. The van der Waals surface area contributed by atoms with Gasteiger partial charge in [0.15, 0.2) is 6.61 Å². The van der Waals surface area contributed by atoms with Crippen LogP contribution in [0.4, 0.5) is 5.69 Å². The number of halogens is 1. The molecule has 3 rings (SSSR count). The topological polar surface area (TPSA) is 77.2 Å². The molecule has 0 radical (unpaired) electrons. The third-order valence-corrected chi connectivity index (χ3v) is 3.62. The highest BCUT2D eigenvalue weighted by Crippen LogP contribution is 2.20. The lowest BCUT2D eigenvalue weighted by Crippen LogP contribution is -2.20. The average Bonchev–Trinajstić information content (AvgIpc) is 3.11. The second-order valence-electron chi connectivity index (χ2n) is 5.22. The summed E-state index contributed by atoms with van der Waals surface area (Å²) in [7, 11) is 0. The van der Waals surface area contributed by atoms with Gasteiger partial charge in [0.05, 0.1) is 0 Å². The van der Waals surface area contributed by atoms with Gasteiger partial charge in [-0.1, -0.05) is 18.5 Å². The lowest BCUT2D eigenvalue weighted by molar-refractivity contribution is -0.118. The molecule has 0 unspecified atom stereocenters. The van der Waals surface area contributed by atoms with E-state index < -0.39 is 0 Å². The quantitative estimate of drug-likeness (QED) is 0.722.